The molecule has 0 bridgehead atoms. The lowest BCUT2D eigenvalue weighted by atomic mass is 10.2. The average molecular weight is 219 g/mol. The number of nitrogens with zero attached hydrogens (tertiary/aromatic N) is 1. The molecule has 0 aromatic carbocycles. The quantitative estimate of drug-likeness (QED) is 0.790. The second kappa shape index (κ2) is 4.61. The lowest BCUT2D eigenvalue weighted by Crippen LogP contribution is -2.35. The van der Waals surface area contributed by atoms with Gasteiger partial charge in [-0.05, 0) is 45.4 Å². The number of aryl methyl sites for hydroxylation is 2. The molecule has 86 valence electrons. The third-order valence-corrected chi connectivity index (χ3v) is 2.86. The second-order valence-electron chi connectivity index (χ2n) is 4.22. The molecule has 0 unspecified atom stereocenters. The molecule has 1 aliphatic rings. The number of hydrogen-bond acceptors (Lipinski definition) is 3. The fourth-order valence-electron chi connectivity index (χ4n) is 1.95. The van der Waals surface area contributed by atoms with Gasteiger partial charge in [0, 0.05) is 5.69 Å². The first-order valence-electron chi connectivity index (χ1n) is 5.65. The van der Waals surface area contributed by atoms with Crippen LogP contribution in [0.2, 0.25) is 0 Å². The van der Waals surface area contributed by atoms with E-state index >= 15 is 0 Å². The van der Waals surface area contributed by atoms with Gasteiger partial charge >= 0.3 is 0 Å². The number of aromatic nitrogens is 1. The standard InChI is InChI=1S/C12H17N3O/c1-8-5-6-10(9(2)14-8)15-12(16)11-4-3-7-13-11/h5-6,11,13H,3-4,7H2,1-2H3,(H,15,16)/t11-/m0/s1. The van der Waals surface area contributed by atoms with Crippen LogP contribution in [0, 0.1) is 13.8 Å². The summed E-state index contributed by atoms with van der Waals surface area (Å²) in [4.78, 5) is 16.2. The van der Waals surface area contributed by atoms with E-state index < -0.39 is 0 Å². The van der Waals surface area contributed by atoms with Gasteiger partial charge in [-0.3, -0.25) is 9.78 Å². The van der Waals surface area contributed by atoms with Crippen LogP contribution >= 0.6 is 0 Å². The zero-order valence-corrected chi connectivity index (χ0v) is 9.71. The van der Waals surface area contributed by atoms with Crippen LogP contribution in [0.4, 0.5) is 5.69 Å². The predicted octanol–water partition coefficient (Wildman–Crippen LogP) is 1.39. The van der Waals surface area contributed by atoms with Crippen molar-refractivity contribution in [1.29, 1.82) is 0 Å². The van der Waals surface area contributed by atoms with Crippen molar-refractivity contribution in [3.63, 3.8) is 0 Å². The van der Waals surface area contributed by atoms with Crippen molar-refractivity contribution in [1.82, 2.24) is 10.3 Å². The van der Waals surface area contributed by atoms with Crippen molar-refractivity contribution < 1.29 is 4.79 Å². The number of anilines is 1. The minimum Gasteiger partial charge on any atom is -0.323 e. The van der Waals surface area contributed by atoms with Gasteiger partial charge in [0.05, 0.1) is 17.4 Å². The molecule has 1 aliphatic heterocycles. The summed E-state index contributed by atoms with van der Waals surface area (Å²) >= 11 is 0. The number of carbonyl (C=O) groups is 1. The first-order chi connectivity index (χ1) is 7.66. The highest BCUT2D eigenvalue weighted by Gasteiger charge is 2.22. The number of pyridine rings is 1. The molecule has 16 heavy (non-hydrogen) atoms. The van der Waals surface area contributed by atoms with Crippen LogP contribution in [0.25, 0.3) is 0 Å². The zero-order valence-electron chi connectivity index (χ0n) is 9.71. The molecule has 1 amide bonds. The van der Waals surface area contributed by atoms with E-state index in [4.69, 9.17) is 0 Å². The van der Waals surface area contributed by atoms with E-state index in [1.165, 1.54) is 0 Å². The molecule has 4 nitrogen and oxygen atoms in total. The van der Waals surface area contributed by atoms with Crippen LogP contribution in [-0.2, 0) is 4.79 Å². The van der Waals surface area contributed by atoms with Crippen molar-refractivity contribution in [3.8, 4) is 0 Å². The summed E-state index contributed by atoms with van der Waals surface area (Å²) in [7, 11) is 0. The Morgan fingerprint density at radius 2 is 2.31 bits per heavy atom. The highest BCUT2D eigenvalue weighted by Crippen LogP contribution is 2.14. The Bertz CT molecular complexity index is 397. The van der Waals surface area contributed by atoms with Gasteiger partial charge in [-0.15, -0.1) is 0 Å². The van der Waals surface area contributed by atoms with Gasteiger partial charge in [0.25, 0.3) is 0 Å². The third kappa shape index (κ3) is 2.39. The fourth-order valence-corrected chi connectivity index (χ4v) is 1.95. The molecule has 1 saturated heterocycles. The maximum absolute atomic E-state index is 11.9. The Morgan fingerprint density at radius 3 is 2.94 bits per heavy atom. The van der Waals surface area contributed by atoms with Gasteiger partial charge in [0.15, 0.2) is 0 Å². The van der Waals surface area contributed by atoms with E-state index in [-0.39, 0.29) is 11.9 Å². The summed E-state index contributed by atoms with van der Waals surface area (Å²) in [6, 6.07) is 3.77. The maximum atomic E-state index is 11.9. The van der Waals surface area contributed by atoms with Crippen LogP contribution in [-0.4, -0.2) is 23.5 Å². The van der Waals surface area contributed by atoms with Crippen LogP contribution in [0.1, 0.15) is 24.2 Å². The van der Waals surface area contributed by atoms with Crippen LogP contribution in [0.3, 0.4) is 0 Å². The third-order valence-electron chi connectivity index (χ3n) is 2.86. The van der Waals surface area contributed by atoms with E-state index in [0.29, 0.717) is 0 Å². The molecule has 1 atom stereocenters. The van der Waals surface area contributed by atoms with Gasteiger partial charge < -0.3 is 10.6 Å². The molecular formula is C12H17N3O. The Hall–Kier alpha value is -1.42. The molecule has 1 fully saturated rings. The molecule has 0 saturated carbocycles. The van der Waals surface area contributed by atoms with Crippen LogP contribution in [0.15, 0.2) is 12.1 Å². The Morgan fingerprint density at radius 1 is 1.50 bits per heavy atom. The monoisotopic (exact) mass is 219 g/mol. The second-order valence-corrected chi connectivity index (χ2v) is 4.22. The first-order valence-corrected chi connectivity index (χ1v) is 5.65. The maximum Gasteiger partial charge on any atom is 0.241 e. The summed E-state index contributed by atoms with van der Waals surface area (Å²) in [6.45, 7) is 4.78. The van der Waals surface area contributed by atoms with Crippen molar-refractivity contribution in [2.45, 2.75) is 32.7 Å². The van der Waals surface area contributed by atoms with Gasteiger partial charge in [-0.25, -0.2) is 0 Å². The summed E-state index contributed by atoms with van der Waals surface area (Å²) in [5, 5.41) is 6.09. The molecular weight excluding hydrogens is 202 g/mol. The first kappa shape index (κ1) is 11.1. The number of rotatable bonds is 2. The lowest BCUT2D eigenvalue weighted by molar-refractivity contribution is -0.117. The summed E-state index contributed by atoms with van der Waals surface area (Å²) in [6.07, 6.45) is 1.99. The minimum atomic E-state index is -0.0410. The SMILES string of the molecule is Cc1ccc(NC(=O)[C@@H]2CCCN2)c(C)n1. The number of hydrogen-bond donors (Lipinski definition) is 2. The number of amides is 1. The molecule has 2 N–H and O–H groups in total. The molecule has 1 aromatic heterocycles. The molecule has 2 heterocycles. The van der Waals surface area contributed by atoms with Gasteiger partial charge in [0.2, 0.25) is 5.91 Å². The molecule has 0 spiro atoms. The largest absolute Gasteiger partial charge is 0.323 e. The smallest absolute Gasteiger partial charge is 0.241 e. The van der Waals surface area contributed by atoms with E-state index in [9.17, 15) is 4.79 Å². The normalized spacial score (nSPS) is 19.8. The Balaban J connectivity index is 2.05. The van der Waals surface area contributed by atoms with Crippen LogP contribution in [0.5, 0.6) is 0 Å². The molecule has 0 aliphatic carbocycles. The highest BCUT2D eigenvalue weighted by molar-refractivity contribution is 5.95. The van der Waals surface area contributed by atoms with Crippen molar-refractivity contribution in [3.05, 3.63) is 23.5 Å². The van der Waals surface area contributed by atoms with Crippen molar-refractivity contribution >= 4 is 11.6 Å². The zero-order chi connectivity index (χ0) is 11.5. The molecule has 1 aromatic rings. The highest BCUT2D eigenvalue weighted by atomic mass is 16.2. The summed E-state index contributed by atoms with van der Waals surface area (Å²) in [5.74, 6) is 0.0475. The van der Waals surface area contributed by atoms with E-state index in [2.05, 4.69) is 15.6 Å². The summed E-state index contributed by atoms with van der Waals surface area (Å²) in [5.41, 5.74) is 2.64. The predicted molar refractivity (Wildman–Crippen MR) is 63.4 cm³/mol. The fraction of sp³-hybridized carbons (Fsp3) is 0.500. The van der Waals surface area contributed by atoms with Gasteiger partial charge in [0.1, 0.15) is 0 Å². The Kier molecular flexibility index (Phi) is 3.19. The topological polar surface area (TPSA) is 54.0 Å². The average Bonchev–Trinajstić information content (AvgIpc) is 2.75. The lowest BCUT2D eigenvalue weighted by Gasteiger charge is -2.12. The van der Waals surface area contributed by atoms with Crippen LogP contribution < -0.4 is 10.6 Å². The summed E-state index contributed by atoms with van der Waals surface area (Å²) < 4.78 is 0. The molecule has 2 rings (SSSR count). The molecule has 0 radical (unpaired) electrons. The van der Waals surface area contributed by atoms with Crippen molar-refractivity contribution in [2.75, 3.05) is 11.9 Å². The van der Waals surface area contributed by atoms with Gasteiger partial charge in [-0.1, -0.05) is 0 Å². The minimum absolute atomic E-state index is 0.0410. The van der Waals surface area contributed by atoms with E-state index in [1.807, 2.05) is 26.0 Å². The van der Waals surface area contributed by atoms with Gasteiger partial charge in [-0.2, -0.15) is 0 Å². The van der Waals surface area contributed by atoms with E-state index in [0.717, 1.165) is 36.5 Å². The van der Waals surface area contributed by atoms with E-state index in [1.54, 1.807) is 0 Å². The number of carbonyl (C=O) groups excluding carboxylic acids is 1. The van der Waals surface area contributed by atoms with Crippen molar-refractivity contribution in [2.24, 2.45) is 0 Å². The number of nitrogens with one attached hydrogen (secondary N) is 2. The molecule has 4 heteroatoms. The Labute approximate surface area is 95.5 Å².